The molecule has 6 amide bonds. The Morgan fingerprint density at radius 2 is 1.73 bits per heavy atom. The van der Waals surface area contributed by atoms with Crippen LogP contribution >= 0.6 is 11.8 Å². The van der Waals surface area contributed by atoms with Crippen molar-refractivity contribution in [3.8, 4) is 0 Å². The standard InChI is InChI=1S/C34H48N8O6S/c1-7-22-15-26(41(5)40-22)32(46)36-23-16-27-33(47)35-20(4)30(44)38-25(21-11-9-8-10-12-21)17-28(43)37-24(13-14-49-6)31(45)39-29(19(2)3)34(48)42(27)18-23/h8-12,15,19-20,23-25,27,29H,7,13-14,16-18H2,1-6H3,(H,35,47)(H,36,46)(H,37,43)(H,38,44)(H,39,45)/t20-,23-,24-,25-,27-,29-/m0/s1. The maximum absolute atomic E-state index is 14.2. The number of aryl methyl sites for hydroxylation is 2. The molecule has 2 aromatic rings. The lowest BCUT2D eigenvalue weighted by atomic mass is 10.0. The summed E-state index contributed by atoms with van der Waals surface area (Å²) in [6.45, 7) is 7.03. The molecule has 2 saturated heterocycles. The SMILES string of the molecule is CCc1cc(C(=O)N[C@H]2C[C@H]3C(=O)N[C@@H](C)C(=O)N[C@H](c4ccccc4)CC(=O)N[C@@H](CCSC)C(=O)N[C@@H](C(C)C)C(=O)N3C2)n(C)n1. The second-order valence-corrected chi connectivity index (χ2v) is 13.9. The van der Waals surface area contributed by atoms with E-state index >= 15 is 0 Å². The normalized spacial score (nSPS) is 25.7. The van der Waals surface area contributed by atoms with Gasteiger partial charge in [-0.15, -0.1) is 0 Å². The lowest BCUT2D eigenvalue weighted by Gasteiger charge is -2.32. The van der Waals surface area contributed by atoms with Crippen LogP contribution in [0.5, 0.6) is 0 Å². The summed E-state index contributed by atoms with van der Waals surface area (Å²) >= 11 is 1.52. The maximum Gasteiger partial charge on any atom is 0.269 e. The molecule has 1 aromatic heterocycles. The van der Waals surface area contributed by atoms with Gasteiger partial charge in [-0.2, -0.15) is 16.9 Å². The van der Waals surface area contributed by atoms with E-state index in [0.29, 0.717) is 29.9 Å². The Hall–Kier alpha value is -4.40. The van der Waals surface area contributed by atoms with Crippen molar-refractivity contribution in [3.63, 3.8) is 0 Å². The van der Waals surface area contributed by atoms with Crippen LogP contribution in [0.1, 0.15) is 74.7 Å². The van der Waals surface area contributed by atoms with Crippen molar-refractivity contribution in [3.05, 3.63) is 53.3 Å². The molecule has 0 aliphatic carbocycles. The van der Waals surface area contributed by atoms with E-state index in [-0.39, 0.29) is 25.3 Å². The highest BCUT2D eigenvalue weighted by Gasteiger charge is 2.44. The van der Waals surface area contributed by atoms with Crippen LogP contribution in [0.2, 0.25) is 0 Å². The molecule has 2 aliphatic rings. The van der Waals surface area contributed by atoms with E-state index < -0.39 is 71.7 Å². The third kappa shape index (κ3) is 9.40. The minimum Gasteiger partial charge on any atom is -0.347 e. The van der Waals surface area contributed by atoms with Crippen molar-refractivity contribution in [1.29, 1.82) is 0 Å². The zero-order valence-corrected chi connectivity index (χ0v) is 29.8. The van der Waals surface area contributed by atoms with Gasteiger partial charge in [0.25, 0.3) is 5.91 Å². The molecule has 6 atom stereocenters. The van der Waals surface area contributed by atoms with E-state index in [4.69, 9.17) is 0 Å². The topological polar surface area (TPSA) is 184 Å². The van der Waals surface area contributed by atoms with Gasteiger partial charge in [0, 0.05) is 19.6 Å². The van der Waals surface area contributed by atoms with Crippen LogP contribution in [0, 0.1) is 5.92 Å². The largest absolute Gasteiger partial charge is 0.347 e. The second-order valence-electron chi connectivity index (χ2n) is 12.9. The molecule has 4 rings (SSSR count). The number of amides is 6. The van der Waals surface area contributed by atoms with Gasteiger partial charge in [-0.05, 0) is 55.7 Å². The smallest absolute Gasteiger partial charge is 0.269 e. The number of nitrogens with zero attached hydrogens (tertiary/aromatic N) is 3. The molecule has 0 radical (unpaired) electrons. The molecule has 0 saturated carbocycles. The lowest BCUT2D eigenvalue weighted by Crippen LogP contribution is -2.59. The molecule has 2 fully saturated rings. The van der Waals surface area contributed by atoms with E-state index in [0.717, 1.165) is 5.69 Å². The number of hydrogen-bond donors (Lipinski definition) is 5. The number of thioether (sulfide) groups is 1. The summed E-state index contributed by atoms with van der Waals surface area (Å²) in [7, 11) is 1.67. The Balaban J connectivity index is 1.67. The Labute approximate surface area is 291 Å². The number of aromatic nitrogens is 2. The molecule has 3 heterocycles. The van der Waals surface area contributed by atoms with Gasteiger partial charge in [0.1, 0.15) is 29.9 Å². The van der Waals surface area contributed by atoms with Crippen molar-refractivity contribution < 1.29 is 28.8 Å². The Morgan fingerprint density at radius 3 is 2.37 bits per heavy atom. The summed E-state index contributed by atoms with van der Waals surface area (Å²) in [6.07, 6.45) is 2.79. The predicted molar refractivity (Wildman–Crippen MR) is 185 cm³/mol. The molecular weight excluding hydrogens is 648 g/mol. The van der Waals surface area contributed by atoms with Crippen LogP contribution in [-0.4, -0.2) is 98.9 Å². The average Bonchev–Trinajstić information content (AvgIpc) is 3.67. The molecule has 0 unspecified atom stereocenters. The van der Waals surface area contributed by atoms with Crippen molar-refractivity contribution in [2.75, 3.05) is 18.6 Å². The predicted octanol–water partition coefficient (Wildman–Crippen LogP) is 0.826. The summed E-state index contributed by atoms with van der Waals surface area (Å²) < 4.78 is 1.49. The number of hydrogen-bond acceptors (Lipinski definition) is 8. The summed E-state index contributed by atoms with van der Waals surface area (Å²) in [6, 6.07) is 5.33. The minimum atomic E-state index is -1.03. The highest BCUT2D eigenvalue weighted by Crippen LogP contribution is 2.23. The molecule has 0 bridgehead atoms. The molecule has 14 nitrogen and oxygen atoms in total. The fraction of sp³-hybridized carbons (Fsp3) is 0.559. The Morgan fingerprint density at radius 1 is 1.02 bits per heavy atom. The molecule has 5 N–H and O–H groups in total. The van der Waals surface area contributed by atoms with Crippen LogP contribution in [-0.2, 0) is 37.4 Å². The maximum atomic E-state index is 14.2. The number of nitrogens with one attached hydrogen (secondary N) is 5. The first-order valence-corrected chi connectivity index (χ1v) is 18.1. The first kappa shape index (κ1) is 37.4. The summed E-state index contributed by atoms with van der Waals surface area (Å²) in [5.74, 6) is -2.78. The van der Waals surface area contributed by atoms with Gasteiger partial charge in [0.05, 0.1) is 18.2 Å². The highest BCUT2D eigenvalue weighted by atomic mass is 32.2. The molecule has 49 heavy (non-hydrogen) atoms. The first-order valence-electron chi connectivity index (χ1n) is 16.7. The van der Waals surface area contributed by atoms with Gasteiger partial charge in [0.2, 0.25) is 29.5 Å². The lowest BCUT2D eigenvalue weighted by molar-refractivity contribution is -0.143. The number of benzene rings is 1. The van der Waals surface area contributed by atoms with Crippen molar-refractivity contribution in [2.24, 2.45) is 13.0 Å². The second kappa shape index (κ2) is 16.8. The number of carbonyl (C=O) groups excluding carboxylic acids is 6. The third-order valence-corrected chi connectivity index (χ3v) is 9.54. The van der Waals surface area contributed by atoms with Crippen LogP contribution in [0.4, 0.5) is 0 Å². The monoisotopic (exact) mass is 696 g/mol. The fourth-order valence-electron chi connectivity index (χ4n) is 6.10. The van der Waals surface area contributed by atoms with Crippen molar-refractivity contribution in [2.45, 2.75) is 89.6 Å². The van der Waals surface area contributed by atoms with Gasteiger partial charge in [-0.1, -0.05) is 51.1 Å². The van der Waals surface area contributed by atoms with Crippen LogP contribution in [0.25, 0.3) is 0 Å². The summed E-state index contributed by atoms with van der Waals surface area (Å²) in [5, 5.41) is 18.6. The van der Waals surface area contributed by atoms with Crippen molar-refractivity contribution >= 4 is 47.2 Å². The minimum absolute atomic E-state index is 0.00351. The Kier molecular flexibility index (Phi) is 12.8. The third-order valence-electron chi connectivity index (χ3n) is 8.90. The van der Waals surface area contributed by atoms with E-state index in [1.54, 1.807) is 51.2 Å². The summed E-state index contributed by atoms with van der Waals surface area (Å²) in [5.41, 5.74) is 1.78. The molecule has 2 aliphatic heterocycles. The van der Waals surface area contributed by atoms with Crippen LogP contribution < -0.4 is 26.6 Å². The van der Waals surface area contributed by atoms with Gasteiger partial charge in [0.15, 0.2) is 0 Å². The molecule has 266 valence electrons. The molecule has 15 heteroatoms. The zero-order valence-electron chi connectivity index (χ0n) is 28.9. The van der Waals surface area contributed by atoms with E-state index in [1.807, 2.05) is 19.2 Å². The first-order chi connectivity index (χ1) is 23.3. The van der Waals surface area contributed by atoms with Gasteiger partial charge < -0.3 is 31.5 Å². The molecule has 0 spiro atoms. The van der Waals surface area contributed by atoms with Crippen molar-refractivity contribution in [1.82, 2.24) is 41.3 Å². The highest BCUT2D eigenvalue weighted by molar-refractivity contribution is 7.98. The molecule has 1 aromatic carbocycles. The van der Waals surface area contributed by atoms with E-state index in [9.17, 15) is 28.8 Å². The average molecular weight is 697 g/mol. The summed E-state index contributed by atoms with van der Waals surface area (Å²) in [4.78, 5) is 83.3. The number of fused-ring (bicyclic) bond motifs is 1. The quantitative estimate of drug-likeness (QED) is 0.269. The van der Waals surface area contributed by atoms with E-state index in [1.165, 1.54) is 28.3 Å². The fourth-order valence-corrected chi connectivity index (χ4v) is 6.57. The van der Waals surface area contributed by atoms with Gasteiger partial charge in [-0.25, -0.2) is 0 Å². The van der Waals surface area contributed by atoms with E-state index in [2.05, 4.69) is 31.7 Å². The zero-order chi connectivity index (χ0) is 35.8. The van der Waals surface area contributed by atoms with Crippen LogP contribution in [0.15, 0.2) is 36.4 Å². The number of carbonyl (C=O) groups is 6. The van der Waals surface area contributed by atoms with Crippen LogP contribution in [0.3, 0.4) is 0 Å². The Bertz CT molecular complexity index is 1530. The van der Waals surface area contributed by atoms with Gasteiger partial charge >= 0.3 is 0 Å². The molecular formula is C34H48N8O6S. The van der Waals surface area contributed by atoms with Gasteiger partial charge in [-0.3, -0.25) is 33.4 Å². The number of rotatable bonds is 8.